The number of thiazole rings is 1. The van der Waals surface area contributed by atoms with E-state index in [1.807, 2.05) is 6.92 Å². The summed E-state index contributed by atoms with van der Waals surface area (Å²) in [6.45, 7) is 6.65. The molecule has 0 aliphatic heterocycles. The average Bonchev–Trinajstić information content (AvgIpc) is 3.25. The molecule has 3 aromatic rings. The molecule has 2 aromatic heterocycles. The number of aromatic amines is 1. The summed E-state index contributed by atoms with van der Waals surface area (Å²) in [5, 5.41) is 11.3. The predicted molar refractivity (Wildman–Crippen MR) is 111 cm³/mol. The zero-order valence-electron chi connectivity index (χ0n) is 15.5. The van der Waals surface area contributed by atoms with Crippen LogP contribution < -0.4 is 10.6 Å². The first kappa shape index (κ1) is 18.5. The van der Waals surface area contributed by atoms with E-state index in [1.54, 1.807) is 11.3 Å². The van der Waals surface area contributed by atoms with Crippen molar-refractivity contribution in [2.24, 2.45) is 4.99 Å². The van der Waals surface area contributed by atoms with Crippen LogP contribution in [0.2, 0.25) is 0 Å². The SMILES string of the molecule is CCNC(=NCCCc1c[nH]c2ccccc12)NCCc1csc(C)n1. The maximum atomic E-state index is 4.70. The number of benzene rings is 1. The summed E-state index contributed by atoms with van der Waals surface area (Å²) in [5.74, 6) is 0.887. The maximum absolute atomic E-state index is 4.70. The third-order valence-electron chi connectivity index (χ3n) is 4.23. The summed E-state index contributed by atoms with van der Waals surface area (Å²) < 4.78 is 0. The highest BCUT2D eigenvalue weighted by atomic mass is 32.1. The van der Waals surface area contributed by atoms with Crippen LogP contribution in [0.4, 0.5) is 0 Å². The Labute approximate surface area is 159 Å². The highest BCUT2D eigenvalue weighted by Gasteiger charge is 2.03. The summed E-state index contributed by atoms with van der Waals surface area (Å²) in [5.41, 5.74) is 3.72. The van der Waals surface area contributed by atoms with Crippen molar-refractivity contribution in [2.75, 3.05) is 19.6 Å². The Balaban J connectivity index is 1.46. The summed E-state index contributed by atoms with van der Waals surface area (Å²) in [6.07, 6.45) is 5.10. The molecular weight excluding hydrogens is 342 g/mol. The topological polar surface area (TPSA) is 65.1 Å². The van der Waals surface area contributed by atoms with Gasteiger partial charge in [0, 0.05) is 48.5 Å². The lowest BCUT2D eigenvalue weighted by Crippen LogP contribution is -2.38. The number of H-pyrrole nitrogens is 1. The number of para-hydroxylation sites is 1. The van der Waals surface area contributed by atoms with Gasteiger partial charge in [-0.25, -0.2) is 4.98 Å². The highest BCUT2D eigenvalue weighted by molar-refractivity contribution is 7.09. The van der Waals surface area contributed by atoms with E-state index < -0.39 is 0 Å². The Morgan fingerprint density at radius 3 is 2.92 bits per heavy atom. The zero-order chi connectivity index (χ0) is 18.2. The lowest BCUT2D eigenvalue weighted by atomic mass is 10.1. The van der Waals surface area contributed by atoms with Crippen molar-refractivity contribution in [2.45, 2.75) is 33.1 Å². The van der Waals surface area contributed by atoms with Crippen molar-refractivity contribution in [3.8, 4) is 0 Å². The van der Waals surface area contributed by atoms with Gasteiger partial charge in [-0.05, 0) is 38.3 Å². The van der Waals surface area contributed by atoms with Crippen molar-refractivity contribution >= 4 is 28.2 Å². The van der Waals surface area contributed by atoms with Gasteiger partial charge in [0.25, 0.3) is 0 Å². The number of fused-ring (bicyclic) bond motifs is 1. The molecule has 0 saturated carbocycles. The van der Waals surface area contributed by atoms with Gasteiger partial charge in [0.2, 0.25) is 0 Å². The van der Waals surface area contributed by atoms with Gasteiger partial charge in [-0.2, -0.15) is 0 Å². The second-order valence-corrected chi connectivity index (χ2v) is 7.32. The zero-order valence-corrected chi connectivity index (χ0v) is 16.3. The van der Waals surface area contributed by atoms with Crippen LogP contribution in [0.25, 0.3) is 10.9 Å². The van der Waals surface area contributed by atoms with Crippen LogP contribution in [0.15, 0.2) is 40.8 Å². The molecule has 0 amide bonds. The molecule has 0 spiro atoms. The van der Waals surface area contributed by atoms with E-state index in [1.165, 1.54) is 16.5 Å². The van der Waals surface area contributed by atoms with Crippen LogP contribution in [-0.2, 0) is 12.8 Å². The lowest BCUT2D eigenvalue weighted by Gasteiger charge is -2.10. The van der Waals surface area contributed by atoms with Gasteiger partial charge in [-0.3, -0.25) is 4.99 Å². The fourth-order valence-corrected chi connectivity index (χ4v) is 3.62. The van der Waals surface area contributed by atoms with Crippen molar-refractivity contribution in [1.29, 1.82) is 0 Å². The number of nitrogens with one attached hydrogen (secondary N) is 3. The van der Waals surface area contributed by atoms with Gasteiger partial charge in [0.1, 0.15) is 0 Å². The smallest absolute Gasteiger partial charge is 0.191 e. The Morgan fingerprint density at radius 1 is 1.23 bits per heavy atom. The summed E-state index contributed by atoms with van der Waals surface area (Å²) in [7, 11) is 0. The quantitative estimate of drug-likeness (QED) is 0.322. The molecule has 5 nitrogen and oxygen atoms in total. The second-order valence-electron chi connectivity index (χ2n) is 6.26. The number of hydrogen-bond acceptors (Lipinski definition) is 3. The minimum absolute atomic E-state index is 0.810. The van der Waals surface area contributed by atoms with E-state index in [-0.39, 0.29) is 0 Å². The highest BCUT2D eigenvalue weighted by Crippen LogP contribution is 2.18. The number of hydrogen-bond donors (Lipinski definition) is 3. The van der Waals surface area contributed by atoms with Crippen LogP contribution >= 0.6 is 11.3 Å². The molecule has 2 heterocycles. The average molecular weight is 370 g/mol. The Morgan fingerprint density at radius 2 is 2.12 bits per heavy atom. The van der Waals surface area contributed by atoms with Gasteiger partial charge in [0.15, 0.2) is 5.96 Å². The fraction of sp³-hybridized carbons (Fsp3) is 0.400. The maximum Gasteiger partial charge on any atom is 0.191 e. The molecule has 0 aliphatic rings. The molecule has 0 atom stereocenters. The van der Waals surface area contributed by atoms with Crippen LogP contribution in [0.3, 0.4) is 0 Å². The van der Waals surface area contributed by atoms with E-state index in [0.29, 0.717) is 0 Å². The minimum atomic E-state index is 0.810. The summed E-state index contributed by atoms with van der Waals surface area (Å²) in [6, 6.07) is 8.45. The Bertz CT molecular complexity index is 849. The van der Waals surface area contributed by atoms with Crippen molar-refractivity contribution < 1.29 is 0 Å². The Kier molecular flexibility index (Phi) is 6.66. The van der Waals surface area contributed by atoms with Crippen LogP contribution in [0, 0.1) is 6.92 Å². The van der Waals surface area contributed by atoms with Crippen LogP contribution in [0.5, 0.6) is 0 Å². The van der Waals surface area contributed by atoms with Crippen molar-refractivity contribution in [1.82, 2.24) is 20.6 Å². The number of guanidine groups is 1. The number of nitrogens with zero attached hydrogens (tertiary/aromatic N) is 2. The minimum Gasteiger partial charge on any atom is -0.361 e. The van der Waals surface area contributed by atoms with Gasteiger partial charge in [-0.15, -0.1) is 11.3 Å². The molecule has 6 heteroatoms. The molecule has 138 valence electrons. The molecule has 0 aliphatic carbocycles. The summed E-state index contributed by atoms with van der Waals surface area (Å²) >= 11 is 1.70. The molecule has 3 rings (SSSR count). The molecule has 0 radical (unpaired) electrons. The van der Waals surface area contributed by atoms with Crippen LogP contribution in [-0.4, -0.2) is 35.6 Å². The van der Waals surface area contributed by atoms with Gasteiger partial charge < -0.3 is 15.6 Å². The molecule has 0 fully saturated rings. The molecule has 1 aromatic carbocycles. The second kappa shape index (κ2) is 9.38. The van der Waals surface area contributed by atoms with E-state index in [2.05, 4.69) is 63.4 Å². The van der Waals surface area contributed by atoms with Gasteiger partial charge in [-0.1, -0.05) is 18.2 Å². The van der Waals surface area contributed by atoms with E-state index >= 15 is 0 Å². The third kappa shape index (κ3) is 5.08. The molecule has 0 bridgehead atoms. The van der Waals surface area contributed by atoms with Gasteiger partial charge >= 0.3 is 0 Å². The molecule has 26 heavy (non-hydrogen) atoms. The first-order valence-corrected chi connectivity index (χ1v) is 10.1. The Hall–Kier alpha value is -2.34. The monoisotopic (exact) mass is 369 g/mol. The number of rotatable bonds is 8. The first-order valence-electron chi connectivity index (χ1n) is 9.24. The standard InChI is InChI=1S/C20H27N5S/c1-3-21-20(23-12-10-17-14-26-15(2)25-17)22-11-6-7-16-13-24-19-9-5-4-8-18(16)19/h4-5,8-9,13-14,24H,3,6-7,10-12H2,1-2H3,(H2,21,22,23). The van der Waals surface area contributed by atoms with Crippen molar-refractivity contribution in [3.63, 3.8) is 0 Å². The molecule has 3 N–H and O–H groups in total. The number of aromatic nitrogens is 2. The fourth-order valence-electron chi connectivity index (χ4n) is 2.97. The number of aryl methyl sites for hydroxylation is 2. The number of aliphatic imine (C=N–C) groups is 1. The first-order chi connectivity index (χ1) is 12.8. The normalized spacial score (nSPS) is 11.8. The lowest BCUT2D eigenvalue weighted by molar-refractivity contribution is 0.772. The van der Waals surface area contributed by atoms with E-state index in [0.717, 1.165) is 55.6 Å². The van der Waals surface area contributed by atoms with Crippen LogP contribution in [0.1, 0.15) is 29.6 Å². The molecule has 0 unspecified atom stereocenters. The summed E-state index contributed by atoms with van der Waals surface area (Å²) in [4.78, 5) is 12.5. The molecule has 0 saturated heterocycles. The third-order valence-corrected chi connectivity index (χ3v) is 5.06. The van der Waals surface area contributed by atoms with E-state index in [9.17, 15) is 0 Å². The predicted octanol–water partition coefficient (Wildman–Crippen LogP) is 3.66. The van der Waals surface area contributed by atoms with Gasteiger partial charge in [0.05, 0.1) is 10.7 Å². The van der Waals surface area contributed by atoms with Crippen molar-refractivity contribution in [3.05, 3.63) is 52.1 Å². The largest absolute Gasteiger partial charge is 0.361 e. The van der Waals surface area contributed by atoms with E-state index in [4.69, 9.17) is 4.99 Å². The molecular formula is C20H27N5S.